The Labute approximate surface area is 158 Å². The number of H-pyrrole nitrogens is 1. The topological polar surface area (TPSA) is 57.3 Å². The molecule has 0 bridgehead atoms. The molecule has 3 aromatic rings. The zero-order valence-electron chi connectivity index (χ0n) is 15.7. The molecule has 27 heavy (non-hydrogen) atoms. The van der Waals surface area contributed by atoms with Crippen LogP contribution in [-0.4, -0.2) is 58.0 Å². The average Bonchev–Trinajstić information content (AvgIpc) is 3.22. The van der Waals surface area contributed by atoms with Crippen LogP contribution in [0.3, 0.4) is 0 Å². The maximum absolute atomic E-state index is 13.8. The molecule has 1 saturated heterocycles. The van der Waals surface area contributed by atoms with E-state index in [1.54, 1.807) is 12.3 Å². The molecule has 2 aromatic heterocycles. The number of nitrogens with zero attached hydrogens (tertiary/aromatic N) is 4. The molecule has 1 aliphatic heterocycles. The summed E-state index contributed by atoms with van der Waals surface area (Å²) in [6, 6.07) is 8.89. The Morgan fingerprint density at radius 2 is 2.22 bits per heavy atom. The number of rotatable bonds is 6. The molecule has 0 amide bonds. The van der Waals surface area contributed by atoms with Crippen molar-refractivity contribution in [3.63, 3.8) is 0 Å². The molecule has 0 spiro atoms. The Kier molecular flexibility index (Phi) is 5.05. The van der Waals surface area contributed by atoms with Crippen molar-refractivity contribution in [1.29, 1.82) is 0 Å². The van der Waals surface area contributed by atoms with Crippen LogP contribution in [0, 0.1) is 5.82 Å². The van der Waals surface area contributed by atoms with Gasteiger partial charge in [0.05, 0.1) is 17.8 Å². The quantitative estimate of drug-likeness (QED) is 0.724. The van der Waals surface area contributed by atoms with Gasteiger partial charge in [0, 0.05) is 31.9 Å². The maximum Gasteiger partial charge on any atom is 0.151 e. The average molecular weight is 369 g/mol. The van der Waals surface area contributed by atoms with Crippen molar-refractivity contribution in [2.24, 2.45) is 0 Å². The first-order valence-electron chi connectivity index (χ1n) is 9.18. The van der Waals surface area contributed by atoms with Crippen LogP contribution in [-0.2, 0) is 13.1 Å². The van der Waals surface area contributed by atoms with Gasteiger partial charge in [-0.15, -0.1) is 0 Å². The van der Waals surface area contributed by atoms with Gasteiger partial charge in [-0.05, 0) is 38.7 Å². The molecule has 7 heteroatoms. The van der Waals surface area contributed by atoms with Crippen LogP contribution in [0.2, 0.25) is 0 Å². The van der Waals surface area contributed by atoms with Crippen molar-refractivity contribution in [1.82, 2.24) is 24.8 Å². The highest BCUT2D eigenvalue weighted by Gasteiger charge is 2.25. The lowest BCUT2D eigenvalue weighted by Gasteiger charge is -2.16. The van der Waals surface area contributed by atoms with Crippen LogP contribution >= 0.6 is 0 Å². The summed E-state index contributed by atoms with van der Waals surface area (Å²) >= 11 is 0. The molecule has 142 valence electrons. The number of benzene rings is 1. The lowest BCUT2D eigenvalue weighted by molar-refractivity contribution is 0.197. The number of hydrogen-bond acceptors (Lipinski definition) is 5. The fourth-order valence-electron chi connectivity index (χ4n) is 3.50. The van der Waals surface area contributed by atoms with Gasteiger partial charge in [0.25, 0.3) is 0 Å². The minimum absolute atomic E-state index is 0.140. The van der Waals surface area contributed by atoms with Crippen molar-refractivity contribution >= 4 is 11.0 Å². The Balaban J connectivity index is 1.36. The molecular formula is C20H24FN5O. The van der Waals surface area contributed by atoms with E-state index in [4.69, 9.17) is 4.74 Å². The van der Waals surface area contributed by atoms with E-state index in [1.165, 1.54) is 6.07 Å². The number of fused-ring (bicyclic) bond motifs is 1. The largest absolute Gasteiger partial charge is 0.489 e. The van der Waals surface area contributed by atoms with E-state index in [-0.39, 0.29) is 11.9 Å². The number of hydrogen-bond donors (Lipinski definition) is 1. The predicted octanol–water partition coefficient (Wildman–Crippen LogP) is 2.81. The summed E-state index contributed by atoms with van der Waals surface area (Å²) in [7, 11) is 4.04. The zero-order chi connectivity index (χ0) is 18.8. The van der Waals surface area contributed by atoms with Gasteiger partial charge in [0.2, 0.25) is 0 Å². The highest BCUT2D eigenvalue weighted by molar-refractivity contribution is 5.75. The van der Waals surface area contributed by atoms with Crippen molar-refractivity contribution in [3.8, 4) is 5.75 Å². The van der Waals surface area contributed by atoms with E-state index in [1.807, 2.05) is 32.3 Å². The van der Waals surface area contributed by atoms with Crippen LogP contribution < -0.4 is 4.74 Å². The van der Waals surface area contributed by atoms with Gasteiger partial charge in [-0.25, -0.2) is 9.37 Å². The molecule has 0 aliphatic carbocycles. The predicted molar refractivity (Wildman–Crippen MR) is 102 cm³/mol. The Morgan fingerprint density at radius 3 is 3.04 bits per heavy atom. The molecule has 1 fully saturated rings. The van der Waals surface area contributed by atoms with E-state index < -0.39 is 0 Å². The number of para-hydroxylation sites is 1. The van der Waals surface area contributed by atoms with Gasteiger partial charge < -0.3 is 14.6 Å². The lowest BCUT2D eigenvalue weighted by Crippen LogP contribution is -2.25. The van der Waals surface area contributed by atoms with Gasteiger partial charge in [-0.3, -0.25) is 9.88 Å². The first-order chi connectivity index (χ1) is 13.1. The molecule has 1 N–H and O–H groups in total. The van der Waals surface area contributed by atoms with Crippen molar-refractivity contribution in [2.45, 2.75) is 25.6 Å². The number of ether oxygens (including phenoxy) is 1. The number of aromatic nitrogens is 3. The van der Waals surface area contributed by atoms with E-state index in [0.717, 1.165) is 48.8 Å². The van der Waals surface area contributed by atoms with E-state index in [9.17, 15) is 4.39 Å². The molecule has 0 radical (unpaired) electrons. The third-order valence-electron chi connectivity index (χ3n) is 4.68. The molecular weight excluding hydrogens is 345 g/mol. The van der Waals surface area contributed by atoms with Crippen molar-refractivity contribution in [2.75, 3.05) is 27.2 Å². The van der Waals surface area contributed by atoms with Crippen LogP contribution in [0.15, 0.2) is 36.5 Å². The number of aromatic amines is 1. The standard InChI is InChI=1S/C20H24FN5O/c1-25(2)11-14-10-15(6-8-22-14)27-16-7-9-26(12-16)13-19-23-18-5-3-4-17(21)20(18)24-19/h3-6,8,10,16H,7,9,11-13H2,1-2H3,(H,23,24). The number of likely N-dealkylation sites (tertiary alicyclic amines) is 1. The monoisotopic (exact) mass is 369 g/mol. The first-order valence-corrected chi connectivity index (χ1v) is 9.18. The smallest absolute Gasteiger partial charge is 0.151 e. The normalized spacial score (nSPS) is 17.9. The summed E-state index contributed by atoms with van der Waals surface area (Å²) in [4.78, 5) is 16.3. The maximum atomic E-state index is 13.8. The minimum atomic E-state index is -0.288. The number of imidazole rings is 1. The first kappa shape index (κ1) is 17.9. The summed E-state index contributed by atoms with van der Waals surface area (Å²) in [6.07, 6.45) is 2.89. The molecule has 0 saturated carbocycles. The Hall–Kier alpha value is -2.51. The molecule has 1 atom stereocenters. The summed E-state index contributed by atoms with van der Waals surface area (Å²) < 4.78 is 20.0. The molecule has 3 heterocycles. The number of pyridine rings is 1. The van der Waals surface area contributed by atoms with Crippen LogP contribution in [0.4, 0.5) is 4.39 Å². The third-order valence-corrected chi connectivity index (χ3v) is 4.68. The molecule has 4 rings (SSSR count). The Bertz CT molecular complexity index is 926. The third kappa shape index (κ3) is 4.26. The fourth-order valence-corrected chi connectivity index (χ4v) is 3.50. The summed E-state index contributed by atoms with van der Waals surface area (Å²) in [5, 5.41) is 0. The van der Waals surface area contributed by atoms with E-state index in [0.29, 0.717) is 12.1 Å². The van der Waals surface area contributed by atoms with Gasteiger partial charge in [-0.2, -0.15) is 0 Å². The summed E-state index contributed by atoms with van der Waals surface area (Å²) in [6.45, 7) is 3.21. The van der Waals surface area contributed by atoms with Gasteiger partial charge in [0.1, 0.15) is 23.2 Å². The Morgan fingerprint density at radius 1 is 1.33 bits per heavy atom. The van der Waals surface area contributed by atoms with Crippen LogP contribution in [0.25, 0.3) is 11.0 Å². The zero-order valence-corrected chi connectivity index (χ0v) is 15.7. The minimum Gasteiger partial charge on any atom is -0.489 e. The SMILES string of the molecule is CN(C)Cc1cc(OC2CCN(Cc3nc4c(F)cccc4[nH]3)C2)ccn1. The van der Waals surface area contributed by atoms with E-state index >= 15 is 0 Å². The number of halogens is 1. The molecule has 1 aliphatic rings. The fraction of sp³-hybridized carbons (Fsp3) is 0.400. The summed E-state index contributed by atoms with van der Waals surface area (Å²) in [5.41, 5.74) is 2.14. The van der Waals surface area contributed by atoms with Gasteiger partial charge >= 0.3 is 0 Å². The van der Waals surface area contributed by atoms with Crippen molar-refractivity contribution < 1.29 is 9.13 Å². The molecule has 1 unspecified atom stereocenters. The summed E-state index contributed by atoms with van der Waals surface area (Å²) in [5.74, 6) is 1.36. The van der Waals surface area contributed by atoms with Gasteiger partial charge in [0.15, 0.2) is 5.82 Å². The number of nitrogens with one attached hydrogen (secondary N) is 1. The molecule has 6 nitrogen and oxygen atoms in total. The lowest BCUT2D eigenvalue weighted by atomic mass is 10.3. The van der Waals surface area contributed by atoms with Gasteiger partial charge in [-0.1, -0.05) is 6.07 Å². The highest BCUT2D eigenvalue weighted by atomic mass is 19.1. The highest BCUT2D eigenvalue weighted by Crippen LogP contribution is 2.21. The molecule has 1 aromatic carbocycles. The van der Waals surface area contributed by atoms with Crippen molar-refractivity contribution in [3.05, 3.63) is 53.9 Å². The van der Waals surface area contributed by atoms with Crippen LogP contribution in [0.1, 0.15) is 17.9 Å². The second-order valence-electron chi connectivity index (χ2n) is 7.30. The van der Waals surface area contributed by atoms with E-state index in [2.05, 4.69) is 24.8 Å². The van der Waals surface area contributed by atoms with Crippen LogP contribution in [0.5, 0.6) is 5.75 Å². The second kappa shape index (κ2) is 7.62. The second-order valence-corrected chi connectivity index (χ2v) is 7.30.